The predicted octanol–water partition coefficient (Wildman–Crippen LogP) is 3.13. The van der Waals surface area contributed by atoms with E-state index >= 15 is 0 Å². The number of fused-ring (bicyclic) bond motifs is 1. The van der Waals surface area contributed by atoms with Crippen LogP contribution in [0.3, 0.4) is 0 Å². The monoisotopic (exact) mass is 416 g/mol. The summed E-state index contributed by atoms with van der Waals surface area (Å²) in [4.78, 5) is 23.9. The molecule has 0 saturated carbocycles. The van der Waals surface area contributed by atoms with Gasteiger partial charge >= 0.3 is 11.9 Å². The summed E-state index contributed by atoms with van der Waals surface area (Å²) in [5, 5.41) is 19.5. The van der Waals surface area contributed by atoms with Gasteiger partial charge in [-0.2, -0.15) is 0 Å². The highest BCUT2D eigenvalue weighted by Crippen LogP contribution is 2.54. The van der Waals surface area contributed by atoms with E-state index in [0.717, 1.165) is 0 Å². The number of hydrogen-bond donors (Lipinski definition) is 2. The van der Waals surface area contributed by atoms with Gasteiger partial charge in [0.2, 0.25) is 0 Å². The highest BCUT2D eigenvalue weighted by molar-refractivity contribution is 5.79. The van der Waals surface area contributed by atoms with E-state index in [-0.39, 0.29) is 6.42 Å². The molecule has 0 amide bonds. The molecule has 0 heterocycles. The van der Waals surface area contributed by atoms with E-state index in [9.17, 15) is 19.8 Å². The number of aliphatic carboxylic acids is 2. The first-order valence-electron chi connectivity index (χ1n) is 9.28. The molecule has 0 aliphatic heterocycles. The first-order valence-corrected chi connectivity index (χ1v) is 9.28. The summed E-state index contributed by atoms with van der Waals surface area (Å²) in [6.07, 6.45) is -0.316. The van der Waals surface area contributed by atoms with Crippen molar-refractivity contribution in [3.8, 4) is 23.0 Å². The first-order chi connectivity index (χ1) is 14.4. The van der Waals surface area contributed by atoms with Gasteiger partial charge in [-0.15, -0.1) is 0 Å². The van der Waals surface area contributed by atoms with Crippen LogP contribution in [0.5, 0.6) is 23.0 Å². The number of rotatable bonds is 8. The van der Waals surface area contributed by atoms with Crippen molar-refractivity contribution in [2.45, 2.75) is 18.3 Å². The minimum absolute atomic E-state index is 0.316. The van der Waals surface area contributed by atoms with Crippen molar-refractivity contribution in [2.75, 3.05) is 28.4 Å². The molecule has 0 spiro atoms. The van der Waals surface area contributed by atoms with E-state index < -0.39 is 29.7 Å². The lowest BCUT2D eigenvalue weighted by molar-refractivity contribution is -0.143. The maximum absolute atomic E-state index is 12.3. The summed E-state index contributed by atoms with van der Waals surface area (Å²) < 4.78 is 21.4. The third kappa shape index (κ3) is 3.60. The first kappa shape index (κ1) is 21.3. The second kappa shape index (κ2) is 8.52. The van der Waals surface area contributed by atoms with Gasteiger partial charge < -0.3 is 29.2 Å². The Bertz CT molecular complexity index is 968. The number of hydrogen-bond acceptors (Lipinski definition) is 6. The van der Waals surface area contributed by atoms with Gasteiger partial charge in [0, 0.05) is 11.8 Å². The Morgan fingerprint density at radius 1 is 0.800 bits per heavy atom. The minimum atomic E-state index is -1.07. The van der Waals surface area contributed by atoms with Crippen LogP contribution in [0.15, 0.2) is 30.3 Å². The molecule has 2 N–H and O–H groups in total. The maximum Gasteiger partial charge on any atom is 0.308 e. The quantitative estimate of drug-likeness (QED) is 0.675. The van der Waals surface area contributed by atoms with Gasteiger partial charge in [0.25, 0.3) is 0 Å². The SMILES string of the molecule is COc1ccc([C@@H]2c3cc(OC)c(OC)cc3[C@@H](CC(=O)O)[C@H]2C(=O)O)cc1OC. The summed E-state index contributed by atoms with van der Waals surface area (Å²) in [6.45, 7) is 0. The van der Waals surface area contributed by atoms with Crippen LogP contribution in [-0.2, 0) is 9.59 Å². The largest absolute Gasteiger partial charge is 0.493 e. The minimum Gasteiger partial charge on any atom is -0.493 e. The Kier molecular flexibility index (Phi) is 6.05. The summed E-state index contributed by atoms with van der Waals surface area (Å²) in [6, 6.07) is 8.61. The fraction of sp³-hybridized carbons (Fsp3) is 0.364. The van der Waals surface area contributed by atoms with E-state index in [4.69, 9.17) is 18.9 Å². The van der Waals surface area contributed by atoms with Crippen LogP contribution < -0.4 is 18.9 Å². The Labute approximate surface area is 173 Å². The van der Waals surface area contributed by atoms with Crippen molar-refractivity contribution in [3.63, 3.8) is 0 Å². The molecule has 160 valence electrons. The molecule has 2 aromatic rings. The summed E-state index contributed by atoms with van der Waals surface area (Å²) >= 11 is 0. The van der Waals surface area contributed by atoms with Crippen LogP contribution in [0.1, 0.15) is 34.9 Å². The van der Waals surface area contributed by atoms with E-state index in [1.807, 2.05) is 0 Å². The zero-order valence-electron chi connectivity index (χ0n) is 17.2. The molecule has 3 atom stereocenters. The van der Waals surface area contributed by atoms with Gasteiger partial charge in [0.05, 0.1) is 40.8 Å². The Morgan fingerprint density at radius 2 is 1.33 bits per heavy atom. The highest BCUT2D eigenvalue weighted by Gasteiger charge is 2.47. The van der Waals surface area contributed by atoms with Crippen molar-refractivity contribution in [1.29, 1.82) is 0 Å². The molecule has 1 aliphatic rings. The summed E-state index contributed by atoms with van der Waals surface area (Å²) in [5.41, 5.74) is 2.00. The van der Waals surface area contributed by atoms with Gasteiger partial charge in [-0.3, -0.25) is 9.59 Å². The van der Waals surface area contributed by atoms with Crippen molar-refractivity contribution in [3.05, 3.63) is 47.0 Å². The van der Waals surface area contributed by atoms with Crippen LogP contribution in [0, 0.1) is 5.92 Å². The fourth-order valence-electron chi connectivity index (χ4n) is 4.29. The molecule has 2 aromatic carbocycles. The Balaban J connectivity index is 2.26. The molecule has 0 aromatic heterocycles. The van der Waals surface area contributed by atoms with Crippen LogP contribution in [0.25, 0.3) is 0 Å². The number of carbonyl (C=O) groups is 2. The van der Waals surface area contributed by atoms with Crippen LogP contribution in [0.2, 0.25) is 0 Å². The molecule has 0 saturated heterocycles. The van der Waals surface area contributed by atoms with E-state index in [0.29, 0.717) is 39.7 Å². The highest BCUT2D eigenvalue weighted by atomic mass is 16.5. The van der Waals surface area contributed by atoms with Crippen LogP contribution in [-0.4, -0.2) is 50.6 Å². The molecule has 1 aliphatic carbocycles. The van der Waals surface area contributed by atoms with Gasteiger partial charge in [0.15, 0.2) is 23.0 Å². The molecule has 8 nitrogen and oxygen atoms in total. The fourth-order valence-corrected chi connectivity index (χ4v) is 4.29. The van der Waals surface area contributed by atoms with E-state index in [1.165, 1.54) is 28.4 Å². The molecule has 8 heteroatoms. The van der Waals surface area contributed by atoms with Crippen LogP contribution in [0.4, 0.5) is 0 Å². The van der Waals surface area contributed by atoms with Crippen molar-refractivity contribution in [2.24, 2.45) is 5.92 Å². The average molecular weight is 416 g/mol. The third-order valence-corrected chi connectivity index (χ3v) is 5.56. The lowest BCUT2D eigenvalue weighted by Gasteiger charge is -2.22. The normalized spacial score (nSPS) is 19.7. The molecule has 0 unspecified atom stereocenters. The number of methoxy groups -OCH3 is 4. The second-order valence-electron chi connectivity index (χ2n) is 7.00. The van der Waals surface area contributed by atoms with Gasteiger partial charge in [0.1, 0.15) is 0 Å². The Hall–Kier alpha value is -3.42. The lowest BCUT2D eigenvalue weighted by Crippen LogP contribution is -2.24. The zero-order valence-corrected chi connectivity index (χ0v) is 17.2. The van der Waals surface area contributed by atoms with Gasteiger partial charge in [-0.1, -0.05) is 6.07 Å². The van der Waals surface area contributed by atoms with Crippen molar-refractivity contribution < 1.29 is 38.7 Å². The number of carboxylic acid groups (broad SMARTS) is 2. The average Bonchev–Trinajstić information content (AvgIpc) is 3.04. The molecule has 0 fully saturated rings. The standard InChI is InChI=1S/C22H24O8/c1-27-15-6-5-11(7-16(15)28-2)20-13-9-18(30-4)17(29-3)8-12(13)14(10-19(23)24)21(20)22(25)26/h5-9,14,20-21H,10H2,1-4H3,(H,23,24)(H,25,26)/t14-,20-,21-/m1/s1. The van der Waals surface area contributed by atoms with Gasteiger partial charge in [-0.25, -0.2) is 0 Å². The number of benzene rings is 2. The van der Waals surface area contributed by atoms with E-state index in [1.54, 1.807) is 30.3 Å². The predicted molar refractivity (Wildman–Crippen MR) is 107 cm³/mol. The second-order valence-corrected chi connectivity index (χ2v) is 7.00. The molecular weight excluding hydrogens is 392 g/mol. The van der Waals surface area contributed by atoms with Crippen molar-refractivity contribution >= 4 is 11.9 Å². The van der Waals surface area contributed by atoms with Gasteiger partial charge in [-0.05, 0) is 41.0 Å². The molecule has 3 rings (SSSR count). The molecule has 0 radical (unpaired) electrons. The van der Waals surface area contributed by atoms with Crippen molar-refractivity contribution in [1.82, 2.24) is 0 Å². The third-order valence-electron chi connectivity index (χ3n) is 5.56. The Morgan fingerprint density at radius 3 is 1.83 bits per heavy atom. The zero-order chi connectivity index (χ0) is 22.0. The molecule has 30 heavy (non-hydrogen) atoms. The lowest BCUT2D eigenvalue weighted by atomic mass is 9.81. The topological polar surface area (TPSA) is 112 Å². The summed E-state index contributed by atoms with van der Waals surface area (Å²) in [5.74, 6) is -2.61. The van der Waals surface area contributed by atoms with Crippen LogP contribution >= 0.6 is 0 Å². The smallest absolute Gasteiger partial charge is 0.308 e. The molecular formula is C22H24O8. The number of carboxylic acids is 2. The van der Waals surface area contributed by atoms with E-state index in [2.05, 4.69) is 0 Å². The molecule has 0 bridgehead atoms. The number of ether oxygens (including phenoxy) is 4. The summed E-state index contributed by atoms with van der Waals surface area (Å²) in [7, 11) is 5.99. The maximum atomic E-state index is 12.3.